The van der Waals surface area contributed by atoms with Gasteiger partial charge in [0.05, 0.1) is 27.1 Å². The van der Waals surface area contributed by atoms with Gasteiger partial charge in [-0.15, -0.1) is 10.2 Å². The van der Waals surface area contributed by atoms with Crippen molar-refractivity contribution in [3.63, 3.8) is 0 Å². The van der Waals surface area contributed by atoms with Gasteiger partial charge in [-0.1, -0.05) is 11.8 Å². The highest BCUT2D eigenvalue weighted by Crippen LogP contribution is 2.41. The Bertz CT molecular complexity index is 691. The lowest BCUT2D eigenvalue weighted by atomic mass is 10.1. The number of rotatable bonds is 7. The van der Waals surface area contributed by atoms with Gasteiger partial charge in [0, 0.05) is 12.6 Å². The average Bonchev–Trinajstić information content (AvgIpc) is 2.92. The standard InChI is InChI=1S/C14H17N3O5S/c1-17-13(15-16-14(17)23-7-11(18)19)8-5-9(20-2)12(22-4)10(6-8)21-3/h5-6H,7H2,1-4H3,(H,18,19). The van der Waals surface area contributed by atoms with Crippen LogP contribution >= 0.6 is 11.8 Å². The summed E-state index contributed by atoms with van der Waals surface area (Å²) in [4.78, 5) is 10.7. The number of carboxylic acids is 1. The molecule has 0 radical (unpaired) electrons. The molecule has 0 amide bonds. The Kier molecular flexibility index (Phi) is 5.32. The van der Waals surface area contributed by atoms with E-state index in [9.17, 15) is 4.79 Å². The van der Waals surface area contributed by atoms with E-state index in [2.05, 4.69) is 10.2 Å². The van der Waals surface area contributed by atoms with Crippen molar-refractivity contribution >= 4 is 17.7 Å². The first-order valence-electron chi connectivity index (χ1n) is 6.56. The topological polar surface area (TPSA) is 95.7 Å². The predicted molar refractivity (Wildman–Crippen MR) is 84.5 cm³/mol. The minimum absolute atomic E-state index is 0.0821. The third-order valence-corrected chi connectivity index (χ3v) is 4.09. The summed E-state index contributed by atoms with van der Waals surface area (Å²) in [5.41, 5.74) is 0.719. The largest absolute Gasteiger partial charge is 0.493 e. The summed E-state index contributed by atoms with van der Waals surface area (Å²) < 4.78 is 17.6. The lowest BCUT2D eigenvalue weighted by molar-refractivity contribution is -0.133. The quantitative estimate of drug-likeness (QED) is 0.761. The van der Waals surface area contributed by atoms with Crippen LogP contribution in [0.5, 0.6) is 17.2 Å². The van der Waals surface area contributed by atoms with Gasteiger partial charge in [-0.3, -0.25) is 4.79 Å². The molecule has 23 heavy (non-hydrogen) atoms. The Morgan fingerprint density at radius 2 is 1.78 bits per heavy atom. The van der Waals surface area contributed by atoms with Crippen molar-refractivity contribution in [1.82, 2.24) is 14.8 Å². The first-order chi connectivity index (χ1) is 11.0. The maximum absolute atomic E-state index is 10.7. The van der Waals surface area contributed by atoms with Gasteiger partial charge >= 0.3 is 5.97 Å². The molecule has 0 unspecified atom stereocenters. The summed E-state index contributed by atoms with van der Waals surface area (Å²) >= 11 is 1.10. The second-order valence-electron chi connectivity index (χ2n) is 4.46. The van der Waals surface area contributed by atoms with E-state index in [4.69, 9.17) is 19.3 Å². The smallest absolute Gasteiger partial charge is 0.313 e. The Balaban J connectivity index is 2.44. The van der Waals surface area contributed by atoms with E-state index in [-0.39, 0.29) is 5.75 Å². The van der Waals surface area contributed by atoms with E-state index < -0.39 is 5.97 Å². The number of aliphatic carboxylic acids is 1. The third-order valence-electron chi connectivity index (χ3n) is 3.08. The van der Waals surface area contributed by atoms with Gasteiger partial charge in [0.15, 0.2) is 22.5 Å². The van der Waals surface area contributed by atoms with Gasteiger partial charge in [0.25, 0.3) is 0 Å². The highest BCUT2D eigenvalue weighted by atomic mass is 32.2. The second-order valence-corrected chi connectivity index (χ2v) is 5.40. The number of carboxylic acid groups (broad SMARTS) is 1. The van der Waals surface area contributed by atoms with Crippen LogP contribution in [0.2, 0.25) is 0 Å². The molecule has 1 N–H and O–H groups in total. The fourth-order valence-corrected chi connectivity index (χ4v) is 2.66. The van der Waals surface area contributed by atoms with Crippen molar-refractivity contribution in [2.45, 2.75) is 5.16 Å². The number of nitrogens with zero attached hydrogens (tertiary/aromatic N) is 3. The number of hydrogen-bond acceptors (Lipinski definition) is 7. The summed E-state index contributed by atoms with van der Waals surface area (Å²) in [5, 5.41) is 17.4. The molecule has 2 rings (SSSR count). The lowest BCUT2D eigenvalue weighted by Gasteiger charge is -2.13. The van der Waals surface area contributed by atoms with E-state index in [1.165, 1.54) is 21.3 Å². The van der Waals surface area contributed by atoms with Crippen LogP contribution in [0.3, 0.4) is 0 Å². The van der Waals surface area contributed by atoms with Gasteiger partial charge in [-0.25, -0.2) is 0 Å². The fraction of sp³-hybridized carbons (Fsp3) is 0.357. The molecule has 0 saturated heterocycles. The van der Waals surface area contributed by atoms with Crippen LogP contribution in [0.15, 0.2) is 17.3 Å². The molecule has 0 saturated carbocycles. The van der Waals surface area contributed by atoms with Crippen molar-refractivity contribution in [3.05, 3.63) is 12.1 Å². The molecule has 0 bridgehead atoms. The SMILES string of the molecule is COc1cc(-c2nnc(SCC(=O)O)n2C)cc(OC)c1OC. The molecule has 9 heteroatoms. The van der Waals surface area contributed by atoms with Gasteiger partial charge in [-0.05, 0) is 12.1 Å². The lowest BCUT2D eigenvalue weighted by Crippen LogP contribution is -2.01. The van der Waals surface area contributed by atoms with Crippen LogP contribution in [0.25, 0.3) is 11.4 Å². The molecule has 0 aliphatic rings. The molecule has 1 heterocycles. The number of carbonyl (C=O) groups is 1. The van der Waals surface area contributed by atoms with E-state index in [1.54, 1.807) is 23.7 Å². The van der Waals surface area contributed by atoms with Gasteiger partial charge in [-0.2, -0.15) is 0 Å². The molecule has 1 aromatic carbocycles. The Morgan fingerprint density at radius 1 is 1.17 bits per heavy atom. The van der Waals surface area contributed by atoms with Crippen molar-refractivity contribution < 1.29 is 24.1 Å². The zero-order valence-electron chi connectivity index (χ0n) is 13.2. The minimum Gasteiger partial charge on any atom is -0.493 e. The maximum atomic E-state index is 10.7. The Labute approximate surface area is 137 Å². The summed E-state index contributed by atoms with van der Waals surface area (Å²) in [7, 11) is 6.36. The van der Waals surface area contributed by atoms with Crippen LogP contribution in [-0.4, -0.2) is 52.9 Å². The maximum Gasteiger partial charge on any atom is 0.313 e. The molecular weight excluding hydrogens is 322 g/mol. The normalized spacial score (nSPS) is 10.4. The number of hydrogen-bond donors (Lipinski definition) is 1. The second kappa shape index (κ2) is 7.23. The van der Waals surface area contributed by atoms with E-state index in [0.717, 1.165) is 17.3 Å². The van der Waals surface area contributed by atoms with E-state index in [1.807, 2.05) is 0 Å². The monoisotopic (exact) mass is 339 g/mol. The van der Waals surface area contributed by atoms with Gasteiger partial charge in [0.1, 0.15) is 0 Å². The summed E-state index contributed by atoms with van der Waals surface area (Å²) in [6.07, 6.45) is 0. The molecule has 0 fully saturated rings. The number of methoxy groups -OCH3 is 3. The van der Waals surface area contributed by atoms with Gasteiger partial charge < -0.3 is 23.9 Å². The molecule has 0 spiro atoms. The van der Waals surface area contributed by atoms with Crippen molar-refractivity contribution in [2.75, 3.05) is 27.1 Å². The highest BCUT2D eigenvalue weighted by molar-refractivity contribution is 7.99. The number of aromatic nitrogens is 3. The highest BCUT2D eigenvalue weighted by Gasteiger charge is 2.18. The number of benzene rings is 1. The van der Waals surface area contributed by atoms with Crippen molar-refractivity contribution in [3.8, 4) is 28.6 Å². The number of thioether (sulfide) groups is 1. The molecular formula is C14H17N3O5S. The molecule has 0 aliphatic heterocycles. The van der Waals surface area contributed by atoms with Crippen LogP contribution in [0, 0.1) is 0 Å². The van der Waals surface area contributed by atoms with Gasteiger partial charge in [0.2, 0.25) is 5.75 Å². The minimum atomic E-state index is -0.910. The average molecular weight is 339 g/mol. The summed E-state index contributed by atoms with van der Waals surface area (Å²) in [6, 6.07) is 3.52. The zero-order chi connectivity index (χ0) is 17.0. The Morgan fingerprint density at radius 3 is 2.26 bits per heavy atom. The molecule has 8 nitrogen and oxygen atoms in total. The fourth-order valence-electron chi connectivity index (χ4n) is 2.03. The zero-order valence-corrected chi connectivity index (χ0v) is 14.0. The van der Waals surface area contributed by atoms with Crippen LogP contribution in [0.1, 0.15) is 0 Å². The summed E-state index contributed by atoms with van der Waals surface area (Å²) in [6.45, 7) is 0. The van der Waals surface area contributed by atoms with Crippen LogP contribution in [0.4, 0.5) is 0 Å². The summed E-state index contributed by atoms with van der Waals surface area (Å²) in [5.74, 6) is 1.07. The Hall–Kier alpha value is -2.42. The number of ether oxygens (including phenoxy) is 3. The van der Waals surface area contributed by atoms with E-state index in [0.29, 0.717) is 28.2 Å². The van der Waals surface area contributed by atoms with Crippen LogP contribution in [-0.2, 0) is 11.8 Å². The molecule has 1 aromatic heterocycles. The van der Waals surface area contributed by atoms with Crippen molar-refractivity contribution in [2.24, 2.45) is 7.05 Å². The third kappa shape index (κ3) is 3.50. The first-order valence-corrected chi connectivity index (χ1v) is 7.54. The molecule has 124 valence electrons. The molecule has 2 aromatic rings. The molecule has 0 atom stereocenters. The van der Waals surface area contributed by atoms with E-state index >= 15 is 0 Å². The predicted octanol–water partition coefficient (Wildman–Crippen LogP) is 1.68. The first kappa shape index (κ1) is 16.9. The van der Waals surface area contributed by atoms with Crippen molar-refractivity contribution in [1.29, 1.82) is 0 Å². The molecule has 0 aliphatic carbocycles. The van der Waals surface area contributed by atoms with Crippen LogP contribution < -0.4 is 14.2 Å².